The van der Waals surface area contributed by atoms with Gasteiger partial charge in [-0.3, -0.25) is 0 Å². The van der Waals surface area contributed by atoms with E-state index in [0.29, 0.717) is 0 Å². The van der Waals surface area contributed by atoms with E-state index in [-0.39, 0.29) is 23.5 Å². The number of carboxylic acid groups (broad SMARTS) is 1. The van der Waals surface area contributed by atoms with Crippen molar-refractivity contribution in [2.24, 2.45) is 5.16 Å². The Hall–Kier alpha value is -2.30. The number of aromatic hydroxyl groups is 1. The van der Waals surface area contributed by atoms with Crippen LogP contribution in [-0.4, -0.2) is 29.0 Å². The number of oxime groups is 1. The lowest BCUT2D eigenvalue weighted by molar-refractivity contribution is 0.0693. The van der Waals surface area contributed by atoms with Crippen LogP contribution in [0.1, 0.15) is 15.9 Å². The average molecular weight is 221 g/mol. The minimum atomic E-state index is -1.22. The Morgan fingerprint density at radius 3 is 2.94 bits per heavy atom. The maximum Gasteiger partial charge on any atom is 0.340 e. The number of aromatic carboxylic acids is 1. The van der Waals surface area contributed by atoms with Gasteiger partial charge in [-0.2, -0.15) is 0 Å². The van der Waals surface area contributed by atoms with Gasteiger partial charge >= 0.3 is 5.97 Å². The van der Waals surface area contributed by atoms with Gasteiger partial charge in [0.1, 0.15) is 17.9 Å². The van der Waals surface area contributed by atoms with Crippen LogP contribution in [0.2, 0.25) is 0 Å². The van der Waals surface area contributed by atoms with Crippen LogP contribution in [0.3, 0.4) is 0 Å². The van der Waals surface area contributed by atoms with Crippen LogP contribution >= 0.6 is 0 Å². The van der Waals surface area contributed by atoms with E-state index in [1.165, 1.54) is 30.5 Å². The van der Waals surface area contributed by atoms with Crippen LogP contribution in [0.5, 0.6) is 5.75 Å². The first-order valence-electron chi connectivity index (χ1n) is 4.48. The standard InChI is InChI=1S/C11H11NO4/c1-2-6-16-12-7-8-4-3-5-9(13)10(8)11(14)15/h2-5,7,13H,1,6H2,(H,14,15)/b12-7+. The molecule has 84 valence electrons. The first kappa shape index (κ1) is 11.8. The summed E-state index contributed by atoms with van der Waals surface area (Å²) >= 11 is 0. The molecule has 0 atom stereocenters. The average Bonchev–Trinajstić information content (AvgIpc) is 2.24. The number of benzene rings is 1. The Balaban J connectivity index is 2.95. The van der Waals surface area contributed by atoms with E-state index in [1.807, 2.05) is 0 Å². The van der Waals surface area contributed by atoms with Gasteiger partial charge in [0.15, 0.2) is 0 Å². The molecule has 1 rings (SSSR count). The van der Waals surface area contributed by atoms with Gasteiger partial charge in [0.25, 0.3) is 0 Å². The SMILES string of the molecule is C=CCO/N=C/c1cccc(O)c1C(=O)O. The molecule has 2 N–H and O–H groups in total. The van der Waals surface area contributed by atoms with Crippen molar-refractivity contribution in [1.82, 2.24) is 0 Å². The van der Waals surface area contributed by atoms with Gasteiger partial charge in [-0.05, 0) is 6.07 Å². The molecule has 16 heavy (non-hydrogen) atoms. The molecular weight excluding hydrogens is 210 g/mol. The molecule has 0 aliphatic rings. The summed E-state index contributed by atoms with van der Waals surface area (Å²) in [5.74, 6) is -1.52. The molecule has 0 heterocycles. The highest BCUT2D eigenvalue weighted by Gasteiger charge is 2.13. The Kier molecular flexibility index (Phi) is 4.08. The zero-order valence-corrected chi connectivity index (χ0v) is 8.46. The summed E-state index contributed by atoms with van der Waals surface area (Å²) in [6.07, 6.45) is 2.74. The Bertz CT molecular complexity index is 426. The third-order valence-corrected chi connectivity index (χ3v) is 1.75. The third kappa shape index (κ3) is 2.84. The van der Waals surface area contributed by atoms with Gasteiger partial charge in [-0.25, -0.2) is 4.79 Å². The largest absolute Gasteiger partial charge is 0.507 e. The quantitative estimate of drug-likeness (QED) is 0.343. The lowest BCUT2D eigenvalue weighted by Gasteiger charge is -2.02. The predicted molar refractivity (Wildman–Crippen MR) is 58.8 cm³/mol. The van der Waals surface area contributed by atoms with Crippen molar-refractivity contribution in [1.29, 1.82) is 0 Å². The number of carboxylic acids is 1. The molecule has 1 aromatic rings. The summed E-state index contributed by atoms with van der Waals surface area (Å²) in [6, 6.07) is 4.34. The Morgan fingerprint density at radius 2 is 2.31 bits per heavy atom. The number of rotatable bonds is 5. The fourth-order valence-electron chi connectivity index (χ4n) is 1.09. The lowest BCUT2D eigenvalue weighted by Crippen LogP contribution is -2.02. The van der Waals surface area contributed by atoms with E-state index >= 15 is 0 Å². The summed E-state index contributed by atoms with van der Waals surface area (Å²) in [4.78, 5) is 15.6. The molecule has 0 amide bonds. The van der Waals surface area contributed by atoms with Crippen molar-refractivity contribution in [2.45, 2.75) is 0 Å². The first-order chi connectivity index (χ1) is 7.66. The Labute approximate surface area is 92.3 Å². The molecule has 0 aliphatic heterocycles. The molecule has 0 bridgehead atoms. The molecule has 5 nitrogen and oxygen atoms in total. The van der Waals surface area contributed by atoms with E-state index in [2.05, 4.69) is 11.7 Å². The lowest BCUT2D eigenvalue weighted by atomic mass is 10.1. The number of carbonyl (C=O) groups is 1. The summed E-state index contributed by atoms with van der Waals surface area (Å²) in [5.41, 5.74) is 0.0741. The minimum Gasteiger partial charge on any atom is -0.507 e. The van der Waals surface area contributed by atoms with Crippen LogP contribution in [0.4, 0.5) is 0 Å². The highest BCUT2D eigenvalue weighted by atomic mass is 16.6. The van der Waals surface area contributed by atoms with Gasteiger partial charge in [0, 0.05) is 5.56 Å². The van der Waals surface area contributed by atoms with E-state index < -0.39 is 5.97 Å². The first-order valence-corrected chi connectivity index (χ1v) is 4.48. The predicted octanol–water partition coefficient (Wildman–Crippen LogP) is 1.63. The van der Waals surface area contributed by atoms with E-state index in [0.717, 1.165) is 0 Å². The van der Waals surface area contributed by atoms with Crippen molar-refractivity contribution >= 4 is 12.2 Å². The highest BCUT2D eigenvalue weighted by Crippen LogP contribution is 2.19. The highest BCUT2D eigenvalue weighted by molar-refractivity contribution is 6.00. The molecule has 1 aromatic carbocycles. The maximum atomic E-state index is 10.9. The summed E-state index contributed by atoms with van der Waals surface area (Å²) in [5, 5.41) is 21.8. The summed E-state index contributed by atoms with van der Waals surface area (Å²) in [6.45, 7) is 3.67. The molecule has 0 saturated heterocycles. The second-order valence-corrected chi connectivity index (χ2v) is 2.87. The minimum absolute atomic E-state index is 0.201. The number of nitrogens with zero attached hydrogens (tertiary/aromatic N) is 1. The topological polar surface area (TPSA) is 79.1 Å². The maximum absolute atomic E-state index is 10.9. The van der Waals surface area contributed by atoms with E-state index in [1.54, 1.807) is 0 Å². The van der Waals surface area contributed by atoms with Crippen molar-refractivity contribution in [3.8, 4) is 5.75 Å². The monoisotopic (exact) mass is 221 g/mol. The second kappa shape index (κ2) is 5.55. The van der Waals surface area contributed by atoms with Crippen LogP contribution in [0, 0.1) is 0 Å². The number of phenols is 1. The van der Waals surface area contributed by atoms with Crippen molar-refractivity contribution in [3.05, 3.63) is 42.0 Å². The molecule has 0 saturated carbocycles. The normalized spacial score (nSPS) is 10.2. The van der Waals surface area contributed by atoms with Crippen molar-refractivity contribution in [3.63, 3.8) is 0 Å². The van der Waals surface area contributed by atoms with E-state index in [4.69, 9.17) is 9.94 Å². The molecule has 0 aromatic heterocycles. The van der Waals surface area contributed by atoms with Crippen LogP contribution < -0.4 is 0 Å². The second-order valence-electron chi connectivity index (χ2n) is 2.87. The van der Waals surface area contributed by atoms with Crippen LogP contribution in [0.25, 0.3) is 0 Å². The summed E-state index contributed by atoms with van der Waals surface area (Å²) < 4.78 is 0. The van der Waals surface area contributed by atoms with Gasteiger partial charge in [-0.15, -0.1) is 0 Å². The molecular formula is C11H11NO4. The van der Waals surface area contributed by atoms with E-state index in [9.17, 15) is 9.90 Å². The zero-order chi connectivity index (χ0) is 12.0. The molecule has 0 unspecified atom stereocenters. The Morgan fingerprint density at radius 1 is 1.56 bits per heavy atom. The van der Waals surface area contributed by atoms with Crippen LogP contribution in [0.15, 0.2) is 36.0 Å². The zero-order valence-electron chi connectivity index (χ0n) is 8.46. The molecule has 0 fully saturated rings. The van der Waals surface area contributed by atoms with Gasteiger partial charge in [0.2, 0.25) is 0 Å². The molecule has 0 radical (unpaired) electrons. The third-order valence-electron chi connectivity index (χ3n) is 1.75. The number of hydrogen-bond donors (Lipinski definition) is 2. The number of hydrogen-bond acceptors (Lipinski definition) is 4. The molecule has 0 spiro atoms. The van der Waals surface area contributed by atoms with Gasteiger partial charge < -0.3 is 15.1 Å². The van der Waals surface area contributed by atoms with Crippen molar-refractivity contribution in [2.75, 3.05) is 6.61 Å². The molecule has 5 heteroatoms. The fraction of sp³-hybridized carbons (Fsp3) is 0.0909. The molecule has 0 aliphatic carbocycles. The van der Waals surface area contributed by atoms with Gasteiger partial charge in [0.05, 0.1) is 6.21 Å². The van der Waals surface area contributed by atoms with Crippen LogP contribution in [-0.2, 0) is 4.84 Å². The smallest absolute Gasteiger partial charge is 0.340 e. The fourth-order valence-corrected chi connectivity index (χ4v) is 1.09. The van der Waals surface area contributed by atoms with Crippen molar-refractivity contribution < 1.29 is 19.8 Å². The van der Waals surface area contributed by atoms with Gasteiger partial charge in [-0.1, -0.05) is 29.9 Å². The summed E-state index contributed by atoms with van der Waals surface area (Å²) in [7, 11) is 0.